The van der Waals surface area contributed by atoms with Gasteiger partial charge in [-0.05, 0) is 25.1 Å². The number of hydrogen-bond donors (Lipinski definition) is 4. The molecule has 0 saturated heterocycles. The molecule has 0 aliphatic carbocycles. The smallest absolute Gasteiger partial charge is 0.325 e. The van der Waals surface area contributed by atoms with Crippen LogP contribution in [0.15, 0.2) is 28.9 Å². The van der Waals surface area contributed by atoms with Crippen LogP contribution in [-0.2, 0) is 19.2 Å². The van der Waals surface area contributed by atoms with Crippen LogP contribution >= 0.6 is 0 Å². The average Bonchev–Trinajstić information content (AvgIpc) is 2.97. The normalized spacial score (nSPS) is 13.3. The Morgan fingerprint density at radius 1 is 1.26 bits per heavy atom. The first-order valence-corrected chi connectivity index (χ1v) is 6.56. The SMILES string of the molecule is C[C@H](NC(=O)[C@H](CC(=O)O)NC(=O)/C=C/c1ccco1)C(=O)O. The van der Waals surface area contributed by atoms with Crippen molar-refractivity contribution in [1.29, 1.82) is 0 Å². The zero-order valence-electron chi connectivity index (χ0n) is 12.2. The van der Waals surface area contributed by atoms with Crippen molar-refractivity contribution in [3.05, 3.63) is 30.2 Å². The zero-order valence-corrected chi connectivity index (χ0v) is 12.2. The lowest BCUT2D eigenvalue weighted by molar-refractivity contribution is -0.142. The van der Waals surface area contributed by atoms with Crippen LogP contribution in [0.2, 0.25) is 0 Å². The molecule has 9 nitrogen and oxygen atoms in total. The van der Waals surface area contributed by atoms with Crippen LogP contribution in [-0.4, -0.2) is 46.0 Å². The van der Waals surface area contributed by atoms with Crippen molar-refractivity contribution in [2.24, 2.45) is 0 Å². The first-order chi connectivity index (χ1) is 10.8. The number of hydrogen-bond acceptors (Lipinski definition) is 5. The van der Waals surface area contributed by atoms with Gasteiger partial charge in [0.25, 0.3) is 0 Å². The van der Waals surface area contributed by atoms with Gasteiger partial charge in [0.15, 0.2) is 0 Å². The summed E-state index contributed by atoms with van der Waals surface area (Å²) in [4.78, 5) is 45.1. The molecule has 0 radical (unpaired) electrons. The third kappa shape index (κ3) is 6.46. The molecule has 1 aromatic heterocycles. The first-order valence-electron chi connectivity index (χ1n) is 6.56. The van der Waals surface area contributed by atoms with Crippen LogP contribution in [0.4, 0.5) is 0 Å². The topological polar surface area (TPSA) is 146 Å². The van der Waals surface area contributed by atoms with E-state index in [1.807, 2.05) is 0 Å². The Balaban J connectivity index is 2.69. The van der Waals surface area contributed by atoms with Crippen LogP contribution in [0, 0.1) is 0 Å². The molecule has 0 fully saturated rings. The maximum absolute atomic E-state index is 11.9. The Labute approximate surface area is 131 Å². The van der Waals surface area contributed by atoms with Gasteiger partial charge in [-0.25, -0.2) is 0 Å². The number of carbonyl (C=O) groups is 4. The van der Waals surface area contributed by atoms with Crippen LogP contribution in [0.3, 0.4) is 0 Å². The fraction of sp³-hybridized carbons (Fsp3) is 0.286. The van der Waals surface area contributed by atoms with Gasteiger partial charge < -0.3 is 25.3 Å². The molecule has 0 aromatic carbocycles. The number of carboxylic acids is 2. The molecule has 0 saturated carbocycles. The molecular weight excluding hydrogens is 308 g/mol. The number of nitrogens with one attached hydrogen (secondary N) is 2. The van der Waals surface area contributed by atoms with Crippen molar-refractivity contribution in [3.8, 4) is 0 Å². The summed E-state index contributed by atoms with van der Waals surface area (Å²) in [6.45, 7) is 1.22. The van der Waals surface area contributed by atoms with Gasteiger partial charge in [0, 0.05) is 6.08 Å². The first kappa shape index (κ1) is 18.0. The zero-order chi connectivity index (χ0) is 17.4. The van der Waals surface area contributed by atoms with Gasteiger partial charge >= 0.3 is 11.9 Å². The van der Waals surface area contributed by atoms with Crippen LogP contribution in [0.25, 0.3) is 6.08 Å². The second kappa shape index (κ2) is 8.37. The van der Waals surface area contributed by atoms with Gasteiger partial charge in [-0.3, -0.25) is 19.2 Å². The lowest BCUT2D eigenvalue weighted by Crippen LogP contribution is -2.51. The molecule has 0 spiro atoms. The van der Waals surface area contributed by atoms with Gasteiger partial charge in [-0.15, -0.1) is 0 Å². The van der Waals surface area contributed by atoms with Gasteiger partial charge in [0.1, 0.15) is 17.8 Å². The standard InChI is InChI=1S/C14H16N2O7/c1-8(14(21)22)15-13(20)10(7-12(18)19)16-11(17)5-4-9-3-2-6-23-9/h2-6,8,10H,7H2,1H3,(H,15,20)(H,16,17)(H,18,19)(H,21,22)/b5-4+/t8-,10-/m0/s1. The van der Waals surface area contributed by atoms with Gasteiger partial charge in [0.2, 0.25) is 11.8 Å². The van der Waals surface area contributed by atoms with Crippen molar-refractivity contribution in [3.63, 3.8) is 0 Å². The predicted octanol–water partition coefficient (Wildman–Crippen LogP) is -0.158. The van der Waals surface area contributed by atoms with Crippen molar-refractivity contribution in [1.82, 2.24) is 10.6 Å². The summed E-state index contributed by atoms with van der Waals surface area (Å²) in [5.41, 5.74) is 0. The molecule has 2 atom stereocenters. The summed E-state index contributed by atoms with van der Waals surface area (Å²) >= 11 is 0. The van der Waals surface area contributed by atoms with E-state index in [-0.39, 0.29) is 0 Å². The van der Waals surface area contributed by atoms with E-state index in [4.69, 9.17) is 14.6 Å². The lowest BCUT2D eigenvalue weighted by Gasteiger charge is -2.17. The summed E-state index contributed by atoms with van der Waals surface area (Å²) in [5.74, 6) is -3.81. The molecule has 2 amide bonds. The van der Waals surface area contributed by atoms with E-state index in [1.165, 1.54) is 19.3 Å². The number of furan rings is 1. The van der Waals surface area contributed by atoms with E-state index in [0.29, 0.717) is 5.76 Å². The molecule has 23 heavy (non-hydrogen) atoms. The maximum atomic E-state index is 11.9. The largest absolute Gasteiger partial charge is 0.481 e. The van der Waals surface area contributed by atoms with Crippen LogP contribution < -0.4 is 10.6 Å². The number of carbonyl (C=O) groups excluding carboxylic acids is 2. The van der Waals surface area contributed by atoms with Gasteiger partial charge in [0.05, 0.1) is 12.7 Å². The molecule has 0 aliphatic rings. The summed E-state index contributed by atoms with van der Waals surface area (Å²) in [6, 6.07) is 0.600. The summed E-state index contributed by atoms with van der Waals surface area (Å²) in [6.07, 6.45) is 3.14. The van der Waals surface area contributed by atoms with Gasteiger partial charge in [-0.2, -0.15) is 0 Å². The minimum Gasteiger partial charge on any atom is -0.481 e. The van der Waals surface area contributed by atoms with Crippen molar-refractivity contribution >= 4 is 29.8 Å². The molecule has 1 aromatic rings. The Hall–Kier alpha value is -3.10. The highest BCUT2D eigenvalue weighted by Crippen LogP contribution is 2.02. The third-order valence-corrected chi connectivity index (χ3v) is 2.68. The summed E-state index contributed by atoms with van der Waals surface area (Å²) in [7, 11) is 0. The Bertz CT molecular complexity index is 607. The van der Waals surface area contributed by atoms with Crippen molar-refractivity contribution in [2.75, 3.05) is 0 Å². The molecule has 0 aliphatic heterocycles. The molecule has 1 rings (SSSR count). The van der Waals surface area contributed by atoms with Crippen molar-refractivity contribution in [2.45, 2.75) is 25.4 Å². The minimum atomic E-state index is -1.40. The number of carboxylic acid groups (broad SMARTS) is 2. The van der Waals surface area contributed by atoms with Crippen molar-refractivity contribution < 1.29 is 33.8 Å². The number of amides is 2. The number of aliphatic carboxylic acids is 2. The highest BCUT2D eigenvalue weighted by atomic mass is 16.4. The Kier molecular flexibility index (Phi) is 6.53. The van der Waals surface area contributed by atoms with E-state index in [1.54, 1.807) is 12.1 Å². The van der Waals surface area contributed by atoms with E-state index < -0.39 is 42.3 Å². The second-order valence-electron chi connectivity index (χ2n) is 4.58. The highest BCUT2D eigenvalue weighted by Gasteiger charge is 2.25. The van der Waals surface area contributed by atoms with E-state index in [2.05, 4.69) is 10.6 Å². The minimum absolute atomic E-state index is 0.402. The van der Waals surface area contributed by atoms with Crippen LogP contribution in [0.1, 0.15) is 19.1 Å². The summed E-state index contributed by atoms with van der Waals surface area (Å²) < 4.78 is 4.97. The van der Waals surface area contributed by atoms with E-state index in [9.17, 15) is 19.2 Å². The number of rotatable bonds is 8. The highest BCUT2D eigenvalue weighted by molar-refractivity contribution is 5.97. The van der Waals surface area contributed by atoms with Gasteiger partial charge in [-0.1, -0.05) is 0 Å². The Morgan fingerprint density at radius 2 is 1.96 bits per heavy atom. The monoisotopic (exact) mass is 324 g/mol. The summed E-state index contributed by atoms with van der Waals surface area (Å²) in [5, 5.41) is 21.8. The molecule has 1 heterocycles. The average molecular weight is 324 g/mol. The Morgan fingerprint density at radius 3 is 2.48 bits per heavy atom. The fourth-order valence-corrected chi connectivity index (χ4v) is 1.52. The maximum Gasteiger partial charge on any atom is 0.325 e. The van der Waals surface area contributed by atoms with E-state index >= 15 is 0 Å². The van der Waals surface area contributed by atoms with E-state index in [0.717, 1.165) is 6.08 Å². The second-order valence-corrected chi connectivity index (χ2v) is 4.58. The molecular formula is C14H16N2O7. The molecule has 9 heteroatoms. The quantitative estimate of drug-likeness (QED) is 0.486. The lowest BCUT2D eigenvalue weighted by atomic mass is 10.1. The predicted molar refractivity (Wildman–Crippen MR) is 77.2 cm³/mol. The van der Waals surface area contributed by atoms with Crippen LogP contribution in [0.5, 0.6) is 0 Å². The molecule has 4 N–H and O–H groups in total. The molecule has 124 valence electrons. The fourth-order valence-electron chi connectivity index (χ4n) is 1.52. The molecule has 0 unspecified atom stereocenters. The molecule has 0 bridgehead atoms. The third-order valence-electron chi connectivity index (χ3n) is 2.68.